The lowest BCUT2D eigenvalue weighted by Gasteiger charge is -2.08. The molecular formula is C24H21N6+. The van der Waals surface area contributed by atoms with E-state index in [-0.39, 0.29) is 0 Å². The van der Waals surface area contributed by atoms with Crippen molar-refractivity contribution in [3.63, 3.8) is 0 Å². The van der Waals surface area contributed by atoms with Gasteiger partial charge in [0.25, 0.3) is 0 Å². The van der Waals surface area contributed by atoms with E-state index in [9.17, 15) is 0 Å². The molecule has 1 saturated carbocycles. The summed E-state index contributed by atoms with van der Waals surface area (Å²) in [6.45, 7) is 0. The molecule has 0 radical (unpaired) electrons. The quantitative estimate of drug-likeness (QED) is 0.451. The van der Waals surface area contributed by atoms with Gasteiger partial charge >= 0.3 is 0 Å². The number of nitrogens with one attached hydrogen (secondary N) is 1. The maximum absolute atomic E-state index is 4.48. The Morgan fingerprint density at radius 3 is 2.67 bits per heavy atom. The largest absolute Gasteiger partial charge is 0.328 e. The molecule has 5 aromatic rings. The highest BCUT2D eigenvalue weighted by atomic mass is 15.4. The van der Waals surface area contributed by atoms with Gasteiger partial charge in [0.2, 0.25) is 12.4 Å². The van der Waals surface area contributed by atoms with E-state index < -0.39 is 0 Å². The standard InChI is InChI=1S/C24H21N6/c1-2-7-23-22(6-1)26-17-30(23)21-10-12-28(13-11-21)27-19-5-3-4-18(14-19)24-15-25-16-29(24)20-8-9-20/h1-7,10-17,20,27H,8-9H2/q+1. The van der Waals surface area contributed by atoms with Crippen LogP contribution in [0.1, 0.15) is 18.9 Å². The predicted octanol–water partition coefficient (Wildman–Crippen LogP) is 4.39. The summed E-state index contributed by atoms with van der Waals surface area (Å²) in [6.07, 6.45) is 12.3. The lowest BCUT2D eigenvalue weighted by molar-refractivity contribution is -0.642. The van der Waals surface area contributed by atoms with Crippen LogP contribution in [0.5, 0.6) is 0 Å². The molecule has 0 unspecified atom stereocenters. The van der Waals surface area contributed by atoms with Crippen LogP contribution in [-0.2, 0) is 0 Å². The highest BCUT2D eigenvalue weighted by Gasteiger charge is 2.25. The summed E-state index contributed by atoms with van der Waals surface area (Å²) >= 11 is 0. The molecule has 0 aliphatic heterocycles. The maximum Gasteiger partial charge on any atom is 0.201 e. The molecule has 6 rings (SSSR count). The Bertz CT molecular complexity index is 1330. The molecule has 30 heavy (non-hydrogen) atoms. The molecule has 146 valence electrons. The third-order valence-electron chi connectivity index (χ3n) is 5.57. The minimum absolute atomic E-state index is 0.611. The lowest BCUT2D eigenvalue weighted by atomic mass is 10.1. The zero-order valence-corrected chi connectivity index (χ0v) is 16.4. The summed E-state index contributed by atoms with van der Waals surface area (Å²) in [5, 5.41) is 0. The van der Waals surface area contributed by atoms with Gasteiger partial charge in [-0.3, -0.25) is 4.57 Å². The number of pyridine rings is 1. The average molecular weight is 393 g/mol. The van der Waals surface area contributed by atoms with E-state index in [1.165, 1.54) is 24.1 Å². The molecule has 1 fully saturated rings. The van der Waals surface area contributed by atoms with E-state index in [0.29, 0.717) is 6.04 Å². The van der Waals surface area contributed by atoms with Crippen molar-refractivity contribution in [2.75, 3.05) is 5.43 Å². The molecule has 1 aliphatic carbocycles. The maximum atomic E-state index is 4.48. The first-order chi connectivity index (χ1) is 14.8. The van der Waals surface area contributed by atoms with E-state index in [1.807, 2.05) is 54.1 Å². The monoisotopic (exact) mass is 393 g/mol. The van der Waals surface area contributed by atoms with Crippen LogP contribution in [0.2, 0.25) is 0 Å². The fourth-order valence-corrected chi connectivity index (χ4v) is 3.89. The number of fused-ring (bicyclic) bond motifs is 1. The molecule has 2 aromatic carbocycles. The number of anilines is 1. The summed E-state index contributed by atoms with van der Waals surface area (Å²) in [6, 6.07) is 21.4. The minimum atomic E-state index is 0.611. The van der Waals surface area contributed by atoms with Crippen molar-refractivity contribution in [3.05, 3.63) is 91.9 Å². The first-order valence-corrected chi connectivity index (χ1v) is 10.2. The van der Waals surface area contributed by atoms with Crippen LogP contribution < -0.4 is 10.1 Å². The van der Waals surface area contributed by atoms with Crippen LogP contribution in [0.25, 0.3) is 28.0 Å². The van der Waals surface area contributed by atoms with Gasteiger partial charge in [-0.25, -0.2) is 9.97 Å². The zero-order chi connectivity index (χ0) is 19.9. The molecule has 0 bridgehead atoms. The number of aromatic nitrogens is 5. The van der Waals surface area contributed by atoms with Crippen molar-refractivity contribution in [3.8, 4) is 16.9 Å². The number of imidazole rings is 2. The highest BCUT2D eigenvalue weighted by Crippen LogP contribution is 2.38. The Morgan fingerprint density at radius 1 is 0.933 bits per heavy atom. The fourth-order valence-electron chi connectivity index (χ4n) is 3.89. The van der Waals surface area contributed by atoms with Crippen LogP contribution >= 0.6 is 0 Å². The van der Waals surface area contributed by atoms with Crippen LogP contribution in [0.4, 0.5) is 5.69 Å². The Morgan fingerprint density at radius 2 is 1.80 bits per heavy atom. The normalized spacial score (nSPS) is 13.6. The molecule has 0 amide bonds. The topological polar surface area (TPSA) is 51.6 Å². The fraction of sp³-hybridized carbons (Fsp3) is 0.125. The second-order valence-corrected chi connectivity index (χ2v) is 7.68. The molecule has 6 nitrogen and oxygen atoms in total. The lowest BCUT2D eigenvalue weighted by Crippen LogP contribution is -2.41. The van der Waals surface area contributed by atoms with E-state index >= 15 is 0 Å². The van der Waals surface area contributed by atoms with E-state index in [1.54, 1.807) is 0 Å². The third-order valence-corrected chi connectivity index (χ3v) is 5.57. The highest BCUT2D eigenvalue weighted by molar-refractivity contribution is 5.77. The number of benzene rings is 2. The second kappa shape index (κ2) is 6.84. The SMILES string of the molecule is c1cc(N[n+]2ccc(-n3cnc4ccccc43)cc2)cc(-c2cncn2C2CC2)c1. The van der Waals surface area contributed by atoms with Crippen LogP contribution in [0.15, 0.2) is 91.9 Å². The summed E-state index contributed by atoms with van der Waals surface area (Å²) < 4.78 is 6.34. The number of rotatable bonds is 5. The summed E-state index contributed by atoms with van der Waals surface area (Å²) in [7, 11) is 0. The van der Waals surface area contributed by atoms with Gasteiger partial charge in [0, 0.05) is 23.7 Å². The Hall–Kier alpha value is -3.93. The molecular weight excluding hydrogens is 372 g/mol. The van der Waals surface area contributed by atoms with Gasteiger partial charge in [0.1, 0.15) is 6.33 Å². The number of nitrogens with zero attached hydrogens (tertiary/aromatic N) is 5. The van der Waals surface area contributed by atoms with E-state index in [0.717, 1.165) is 22.4 Å². The Kier molecular flexibility index (Phi) is 3.87. The molecule has 0 saturated heterocycles. The van der Waals surface area contributed by atoms with Crippen molar-refractivity contribution >= 4 is 16.7 Å². The molecule has 0 atom stereocenters. The summed E-state index contributed by atoms with van der Waals surface area (Å²) in [5.41, 5.74) is 9.99. The molecule has 3 heterocycles. The average Bonchev–Trinajstić information content (AvgIpc) is 3.35. The second-order valence-electron chi connectivity index (χ2n) is 7.68. The van der Waals surface area contributed by atoms with Crippen molar-refractivity contribution in [2.24, 2.45) is 0 Å². The molecule has 1 N–H and O–H groups in total. The minimum Gasteiger partial charge on any atom is -0.328 e. The van der Waals surface area contributed by atoms with E-state index in [2.05, 4.69) is 67.0 Å². The van der Waals surface area contributed by atoms with Crippen molar-refractivity contribution in [2.45, 2.75) is 18.9 Å². The van der Waals surface area contributed by atoms with Crippen LogP contribution in [0.3, 0.4) is 0 Å². The van der Waals surface area contributed by atoms with Crippen molar-refractivity contribution < 1.29 is 4.68 Å². The molecule has 3 aromatic heterocycles. The van der Waals surface area contributed by atoms with Gasteiger partial charge in [0.15, 0.2) is 0 Å². The van der Waals surface area contributed by atoms with Gasteiger partial charge in [-0.1, -0.05) is 28.9 Å². The van der Waals surface area contributed by atoms with Gasteiger partial charge in [-0.05, 0) is 37.1 Å². The van der Waals surface area contributed by atoms with Crippen LogP contribution in [-0.4, -0.2) is 19.1 Å². The van der Waals surface area contributed by atoms with Gasteiger partial charge in [0.05, 0.1) is 40.6 Å². The first-order valence-electron chi connectivity index (χ1n) is 10.2. The van der Waals surface area contributed by atoms with Gasteiger partial charge in [-0.2, -0.15) is 5.43 Å². The van der Waals surface area contributed by atoms with E-state index in [4.69, 9.17) is 0 Å². The number of hydrogen-bond acceptors (Lipinski definition) is 3. The van der Waals surface area contributed by atoms with Gasteiger partial charge < -0.3 is 4.57 Å². The molecule has 0 spiro atoms. The number of hydrogen-bond donors (Lipinski definition) is 1. The first kappa shape index (κ1) is 17.0. The Balaban J connectivity index is 1.26. The molecule has 1 aliphatic rings. The van der Waals surface area contributed by atoms with Crippen LogP contribution in [0, 0.1) is 0 Å². The van der Waals surface area contributed by atoms with Gasteiger partial charge in [-0.15, -0.1) is 0 Å². The van der Waals surface area contributed by atoms with Crippen molar-refractivity contribution in [1.29, 1.82) is 0 Å². The smallest absolute Gasteiger partial charge is 0.201 e. The number of para-hydroxylation sites is 2. The Labute approximate surface area is 174 Å². The zero-order valence-electron chi connectivity index (χ0n) is 16.4. The summed E-state index contributed by atoms with van der Waals surface area (Å²) in [5.74, 6) is 0. The third kappa shape index (κ3) is 3.03. The molecule has 6 heteroatoms. The summed E-state index contributed by atoms with van der Waals surface area (Å²) in [4.78, 5) is 8.84. The predicted molar refractivity (Wildman–Crippen MR) is 116 cm³/mol. The van der Waals surface area contributed by atoms with Crippen molar-refractivity contribution in [1.82, 2.24) is 19.1 Å².